The summed E-state index contributed by atoms with van der Waals surface area (Å²) < 4.78 is 11.0. The summed E-state index contributed by atoms with van der Waals surface area (Å²) in [6, 6.07) is 15.4. The average molecular weight is 469 g/mol. The van der Waals surface area contributed by atoms with Gasteiger partial charge in [-0.1, -0.05) is 75.9 Å². The highest BCUT2D eigenvalue weighted by Gasteiger charge is 2.09. The van der Waals surface area contributed by atoms with E-state index in [-0.39, 0.29) is 0 Å². The van der Waals surface area contributed by atoms with Crippen LogP contribution >= 0.6 is 0 Å². The summed E-state index contributed by atoms with van der Waals surface area (Å²) in [7, 11) is 0. The van der Waals surface area contributed by atoms with Crippen molar-refractivity contribution in [3.05, 3.63) is 59.7 Å². The molecule has 0 aliphatic heterocycles. The fraction of sp³-hybridized carbons (Fsp3) is 0.500. The Morgan fingerprint density at radius 3 is 1.44 bits per heavy atom. The first-order valence-electron chi connectivity index (χ1n) is 12.7. The number of nitrogens with one attached hydrogen (secondary N) is 2. The first-order chi connectivity index (χ1) is 16.6. The van der Waals surface area contributed by atoms with E-state index in [0.29, 0.717) is 24.6 Å². The third-order valence-corrected chi connectivity index (χ3v) is 5.59. The van der Waals surface area contributed by atoms with Crippen LogP contribution in [0.25, 0.3) is 0 Å². The van der Waals surface area contributed by atoms with Gasteiger partial charge in [-0.05, 0) is 61.8 Å². The van der Waals surface area contributed by atoms with Gasteiger partial charge in [-0.2, -0.15) is 0 Å². The minimum atomic E-state index is -0.410. The van der Waals surface area contributed by atoms with Gasteiger partial charge in [0.15, 0.2) is 0 Å². The molecule has 6 heteroatoms. The lowest BCUT2D eigenvalue weighted by Gasteiger charge is -2.11. The number of unbranched alkanes of at least 4 members (excludes halogenated alkanes) is 5. The number of aryl methyl sites for hydroxylation is 2. The minimum absolute atomic E-state index is 0.410. The third-order valence-electron chi connectivity index (χ3n) is 5.59. The fourth-order valence-corrected chi connectivity index (χ4v) is 3.61. The number of rotatable bonds is 15. The Bertz CT molecular complexity index is 797. The van der Waals surface area contributed by atoms with E-state index >= 15 is 0 Å². The van der Waals surface area contributed by atoms with Crippen molar-refractivity contribution in [3.8, 4) is 11.5 Å². The molecule has 0 fully saturated rings. The second-order valence-corrected chi connectivity index (χ2v) is 8.47. The highest BCUT2D eigenvalue weighted by molar-refractivity contribution is 5.71. The van der Waals surface area contributed by atoms with Crippen molar-refractivity contribution in [2.24, 2.45) is 0 Å². The maximum Gasteiger partial charge on any atom is 0.412 e. The molecule has 186 valence electrons. The van der Waals surface area contributed by atoms with Crippen LogP contribution in [0.5, 0.6) is 11.5 Å². The summed E-state index contributed by atoms with van der Waals surface area (Å²) in [4.78, 5) is 24.2. The standard InChI is InChI=1S/C28H40N2O4/c1-3-5-15-23-17-9-11-19-25(23)33-27(31)29-21-13-7-8-14-22-30-28(32)34-26-20-12-10-18-24(26)16-6-4-2/h9-12,17-20H,3-8,13-16,21-22H2,1-2H3,(H,29,31)(H,30,32). The molecular formula is C28H40N2O4. The van der Waals surface area contributed by atoms with Gasteiger partial charge in [0, 0.05) is 13.1 Å². The van der Waals surface area contributed by atoms with Crippen LogP contribution in [0.15, 0.2) is 48.5 Å². The Morgan fingerprint density at radius 2 is 1.03 bits per heavy atom. The molecule has 0 aliphatic rings. The van der Waals surface area contributed by atoms with E-state index in [4.69, 9.17) is 9.47 Å². The topological polar surface area (TPSA) is 76.7 Å². The van der Waals surface area contributed by atoms with Crippen LogP contribution in [0.3, 0.4) is 0 Å². The van der Waals surface area contributed by atoms with Gasteiger partial charge < -0.3 is 20.1 Å². The van der Waals surface area contributed by atoms with Crippen molar-refractivity contribution in [1.82, 2.24) is 10.6 Å². The van der Waals surface area contributed by atoms with Crippen molar-refractivity contribution in [2.75, 3.05) is 13.1 Å². The van der Waals surface area contributed by atoms with Gasteiger partial charge in [-0.25, -0.2) is 9.59 Å². The zero-order valence-corrected chi connectivity index (χ0v) is 20.7. The summed E-state index contributed by atoms with van der Waals surface area (Å²) in [5.74, 6) is 1.28. The van der Waals surface area contributed by atoms with E-state index in [1.807, 2.05) is 48.5 Å². The van der Waals surface area contributed by atoms with Gasteiger partial charge in [-0.3, -0.25) is 0 Å². The van der Waals surface area contributed by atoms with Crippen molar-refractivity contribution in [3.63, 3.8) is 0 Å². The Labute approximate surface area is 204 Å². The van der Waals surface area contributed by atoms with E-state index < -0.39 is 12.2 Å². The first-order valence-corrected chi connectivity index (χ1v) is 12.7. The Balaban J connectivity index is 1.55. The van der Waals surface area contributed by atoms with Crippen molar-refractivity contribution < 1.29 is 19.1 Å². The molecule has 34 heavy (non-hydrogen) atoms. The van der Waals surface area contributed by atoms with Gasteiger partial charge >= 0.3 is 12.2 Å². The molecular weight excluding hydrogens is 428 g/mol. The van der Waals surface area contributed by atoms with Gasteiger partial charge in [0.25, 0.3) is 0 Å². The molecule has 2 rings (SSSR count). The van der Waals surface area contributed by atoms with E-state index in [1.165, 1.54) is 0 Å². The number of amides is 2. The summed E-state index contributed by atoms with van der Waals surface area (Å²) in [6.07, 6.45) is 8.99. The molecule has 6 nitrogen and oxygen atoms in total. The fourth-order valence-electron chi connectivity index (χ4n) is 3.61. The molecule has 0 aliphatic carbocycles. The lowest BCUT2D eigenvalue weighted by molar-refractivity contribution is 0.198. The molecule has 0 saturated carbocycles. The predicted molar refractivity (Wildman–Crippen MR) is 137 cm³/mol. The quantitative estimate of drug-likeness (QED) is 0.282. The molecule has 0 atom stereocenters. The number of hydrogen-bond acceptors (Lipinski definition) is 4. The van der Waals surface area contributed by atoms with Crippen LogP contribution in [-0.2, 0) is 12.8 Å². The molecule has 2 aromatic carbocycles. The molecule has 0 radical (unpaired) electrons. The van der Waals surface area contributed by atoms with Crippen LogP contribution in [0.4, 0.5) is 9.59 Å². The number of carbonyl (C=O) groups excluding carboxylic acids is 2. The maximum atomic E-state index is 12.1. The number of para-hydroxylation sites is 2. The lowest BCUT2D eigenvalue weighted by Crippen LogP contribution is -2.28. The van der Waals surface area contributed by atoms with E-state index in [9.17, 15) is 9.59 Å². The normalized spacial score (nSPS) is 10.5. The average Bonchev–Trinajstić information content (AvgIpc) is 2.84. The van der Waals surface area contributed by atoms with Crippen LogP contribution in [0.1, 0.15) is 76.3 Å². The van der Waals surface area contributed by atoms with Crippen LogP contribution in [0.2, 0.25) is 0 Å². The smallest absolute Gasteiger partial charge is 0.410 e. The minimum Gasteiger partial charge on any atom is -0.410 e. The molecule has 0 aromatic heterocycles. The number of ether oxygens (including phenoxy) is 2. The molecule has 2 amide bonds. The molecule has 0 saturated heterocycles. The monoisotopic (exact) mass is 468 g/mol. The van der Waals surface area contributed by atoms with E-state index in [0.717, 1.165) is 75.3 Å². The van der Waals surface area contributed by atoms with Crippen LogP contribution in [-0.4, -0.2) is 25.3 Å². The van der Waals surface area contributed by atoms with Gasteiger partial charge in [0.1, 0.15) is 11.5 Å². The second-order valence-electron chi connectivity index (χ2n) is 8.47. The zero-order chi connectivity index (χ0) is 24.4. The van der Waals surface area contributed by atoms with Gasteiger partial charge in [0.05, 0.1) is 0 Å². The number of carbonyl (C=O) groups is 2. The maximum absolute atomic E-state index is 12.1. The molecule has 0 bridgehead atoms. The second kappa shape index (κ2) is 16.6. The Morgan fingerprint density at radius 1 is 0.618 bits per heavy atom. The van der Waals surface area contributed by atoms with Crippen molar-refractivity contribution in [1.29, 1.82) is 0 Å². The highest BCUT2D eigenvalue weighted by atomic mass is 16.6. The molecule has 0 heterocycles. The largest absolute Gasteiger partial charge is 0.412 e. The van der Waals surface area contributed by atoms with Crippen LogP contribution in [0, 0.1) is 0 Å². The van der Waals surface area contributed by atoms with E-state index in [1.54, 1.807) is 0 Å². The van der Waals surface area contributed by atoms with Crippen molar-refractivity contribution in [2.45, 2.75) is 78.1 Å². The Kier molecular flexibility index (Phi) is 13.3. The van der Waals surface area contributed by atoms with Gasteiger partial charge in [-0.15, -0.1) is 0 Å². The third kappa shape index (κ3) is 10.7. The highest BCUT2D eigenvalue weighted by Crippen LogP contribution is 2.21. The molecule has 0 unspecified atom stereocenters. The first kappa shape index (κ1) is 27.2. The lowest BCUT2D eigenvalue weighted by atomic mass is 10.1. The predicted octanol–water partition coefficient (Wildman–Crippen LogP) is 6.81. The molecule has 2 aromatic rings. The molecule has 0 spiro atoms. The summed E-state index contributed by atoms with van der Waals surface area (Å²) >= 11 is 0. The SMILES string of the molecule is CCCCc1ccccc1OC(=O)NCCCCCCNC(=O)Oc1ccccc1CCCC. The van der Waals surface area contributed by atoms with E-state index in [2.05, 4.69) is 24.5 Å². The summed E-state index contributed by atoms with van der Waals surface area (Å²) in [5, 5.41) is 5.64. The number of benzene rings is 2. The van der Waals surface area contributed by atoms with Crippen molar-refractivity contribution >= 4 is 12.2 Å². The zero-order valence-electron chi connectivity index (χ0n) is 20.7. The Hall–Kier alpha value is -3.02. The summed E-state index contributed by atoms with van der Waals surface area (Å²) in [5.41, 5.74) is 2.13. The molecule has 2 N–H and O–H groups in total. The summed E-state index contributed by atoms with van der Waals surface area (Å²) in [6.45, 7) is 5.43. The van der Waals surface area contributed by atoms with Crippen LogP contribution < -0.4 is 20.1 Å². The number of hydrogen-bond donors (Lipinski definition) is 2. The van der Waals surface area contributed by atoms with Gasteiger partial charge in [0.2, 0.25) is 0 Å².